The van der Waals surface area contributed by atoms with Crippen LogP contribution in [0.25, 0.3) is 0 Å². The molecule has 2 rings (SSSR count). The Bertz CT molecular complexity index is 671. The predicted octanol–water partition coefficient (Wildman–Crippen LogP) is 5.06. The maximum Gasteiger partial charge on any atom is 0.224 e. The Morgan fingerprint density at radius 2 is 1.70 bits per heavy atom. The first-order chi connectivity index (χ1) is 10.8. The van der Waals surface area contributed by atoms with Crippen molar-refractivity contribution in [3.8, 4) is 0 Å². The van der Waals surface area contributed by atoms with Crippen molar-refractivity contribution in [2.45, 2.75) is 45.6 Å². The molecule has 0 unspecified atom stereocenters. The fourth-order valence-electron chi connectivity index (χ4n) is 2.46. The van der Waals surface area contributed by atoms with Crippen LogP contribution < -0.4 is 5.32 Å². The molecular formula is C20H24ClNO. The van der Waals surface area contributed by atoms with Crippen LogP contribution in [-0.4, -0.2) is 5.91 Å². The van der Waals surface area contributed by atoms with Crippen molar-refractivity contribution in [1.29, 1.82) is 0 Å². The van der Waals surface area contributed by atoms with Gasteiger partial charge >= 0.3 is 0 Å². The van der Waals surface area contributed by atoms with Crippen LogP contribution in [0.1, 0.15) is 50.4 Å². The van der Waals surface area contributed by atoms with E-state index in [0.29, 0.717) is 11.4 Å². The van der Waals surface area contributed by atoms with Gasteiger partial charge in [0.05, 0.1) is 12.5 Å². The Hall–Kier alpha value is -1.80. The average molecular weight is 330 g/mol. The molecule has 0 aliphatic carbocycles. The van der Waals surface area contributed by atoms with E-state index in [0.717, 1.165) is 11.1 Å². The van der Waals surface area contributed by atoms with Gasteiger partial charge in [0, 0.05) is 5.02 Å². The SMILES string of the molecule is C[C@H](NC(=O)Cc1ccccc1Cl)c1ccc(C(C)(C)C)cc1. The first-order valence-electron chi connectivity index (χ1n) is 7.90. The summed E-state index contributed by atoms with van der Waals surface area (Å²) in [6.07, 6.45) is 0.296. The third kappa shape index (κ3) is 4.84. The summed E-state index contributed by atoms with van der Waals surface area (Å²) in [7, 11) is 0. The van der Waals surface area contributed by atoms with Crippen molar-refractivity contribution in [3.05, 3.63) is 70.2 Å². The van der Waals surface area contributed by atoms with E-state index in [2.05, 4.69) is 50.4 Å². The van der Waals surface area contributed by atoms with Gasteiger partial charge in [-0.15, -0.1) is 0 Å². The third-order valence-electron chi connectivity index (χ3n) is 3.96. The summed E-state index contributed by atoms with van der Waals surface area (Å²) in [5.41, 5.74) is 3.37. The number of nitrogens with one attached hydrogen (secondary N) is 1. The van der Waals surface area contributed by atoms with Gasteiger partial charge < -0.3 is 5.32 Å². The molecule has 0 bridgehead atoms. The summed E-state index contributed by atoms with van der Waals surface area (Å²) >= 11 is 6.10. The Morgan fingerprint density at radius 1 is 1.09 bits per heavy atom. The first kappa shape index (κ1) is 17.6. The molecule has 2 aromatic carbocycles. The molecule has 1 N–H and O–H groups in total. The van der Waals surface area contributed by atoms with E-state index in [-0.39, 0.29) is 17.4 Å². The molecule has 0 saturated heterocycles. The highest BCUT2D eigenvalue weighted by Crippen LogP contribution is 2.24. The number of rotatable bonds is 4. The molecule has 0 heterocycles. The van der Waals surface area contributed by atoms with Crippen molar-refractivity contribution >= 4 is 17.5 Å². The maximum atomic E-state index is 12.2. The number of carbonyl (C=O) groups is 1. The molecule has 0 aliphatic rings. The second-order valence-corrected chi connectivity index (χ2v) is 7.34. The van der Waals surface area contributed by atoms with Gasteiger partial charge in [-0.3, -0.25) is 4.79 Å². The zero-order valence-corrected chi connectivity index (χ0v) is 14.9. The van der Waals surface area contributed by atoms with Gasteiger partial charge in [-0.25, -0.2) is 0 Å². The quantitative estimate of drug-likeness (QED) is 0.834. The fraction of sp³-hybridized carbons (Fsp3) is 0.350. The second kappa shape index (κ2) is 7.18. The van der Waals surface area contributed by atoms with E-state index in [4.69, 9.17) is 11.6 Å². The highest BCUT2D eigenvalue weighted by molar-refractivity contribution is 6.31. The van der Waals surface area contributed by atoms with Gasteiger partial charge in [0.25, 0.3) is 0 Å². The molecule has 0 radical (unpaired) electrons. The maximum absolute atomic E-state index is 12.2. The van der Waals surface area contributed by atoms with E-state index in [9.17, 15) is 4.79 Å². The lowest BCUT2D eigenvalue weighted by molar-refractivity contribution is -0.121. The van der Waals surface area contributed by atoms with E-state index in [1.807, 2.05) is 25.1 Å². The average Bonchev–Trinajstić information content (AvgIpc) is 2.49. The molecule has 2 aromatic rings. The number of amides is 1. The van der Waals surface area contributed by atoms with Crippen LogP contribution in [-0.2, 0) is 16.6 Å². The van der Waals surface area contributed by atoms with Crippen molar-refractivity contribution < 1.29 is 4.79 Å². The Labute approximate surface area is 143 Å². The molecule has 2 nitrogen and oxygen atoms in total. The number of carbonyl (C=O) groups excluding carboxylic acids is 1. The van der Waals surface area contributed by atoms with Crippen molar-refractivity contribution in [2.75, 3.05) is 0 Å². The minimum Gasteiger partial charge on any atom is -0.349 e. The molecule has 0 aromatic heterocycles. The standard InChI is InChI=1S/C20H24ClNO/c1-14(15-9-11-17(12-10-15)20(2,3)4)22-19(23)13-16-7-5-6-8-18(16)21/h5-12,14H,13H2,1-4H3,(H,22,23)/t14-/m0/s1. The summed E-state index contributed by atoms with van der Waals surface area (Å²) in [5, 5.41) is 3.66. The monoisotopic (exact) mass is 329 g/mol. The van der Waals surface area contributed by atoms with Crippen LogP contribution >= 0.6 is 11.6 Å². The van der Waals surface area contributed by atoms with Gasteiger partial charge in [-0.05, 0) is 35.1 Å². The largest absolute Gasteiger partial charge is 0.349 e. The lowest BCUT2D eigenvalue weighted by atomic mass is 9.86. The van der Waals surface area contributed by atoms with Crippen LogP contribution in [0.15, 0.2) is 48.5 Å². The van der Waals surface area contributed by atoms with Gasteiger partial charge in [0.1, 0.15) is 0 Å². The predicted molar refractivity (Wildman–Crippen MR) is 96.9 cm³/mol. The highest BCUT2D eigenvalue weighted by Gasteiger charge is 2.15. The molecule has 0 aliphatic heterocycles. The number of hydrogen-bond acceptors (Lipinski definition) is 1. The minimum atomic E-state index is -0.0287. The minimum absolute atomic E-state index is 0.0227. The summed E-state index contributed by atoms with van der Waals surface area (Å²) in [6.45, 7) is 8.57. The van der Waals surface area contributed by atoms with E-state index >= 15 is 0 Å². The van der Waals surface area contributed by atoms with E-state index in [1.54, 1.807) is 6.07 Å². The normalized spacial score (nSPS) is 12.7. The van der Waals surface area contributed by atoms with Crippen LogP contribution in [0.4, 0.5) is 0 Å². The molecule has 0 spiro atoms. The van der Waals surface area contributed by atoms with Crippen LogP contribution in [0, 0.1) is 0 Å². The smallest absolute Gasteiger partial charge is 0.224 e. The lowest BCUT2D eigenvalue weighted by Crippen LogP contribution is -2.28. The fourth-order valence-corrected chi connectivity index (χ4v) is 2.66. The topological polar surface area (TPSA) is 29.1 Å². The summed E-state index contributed by atoms with van der Waals surface area (Å²) in [4.78, 5) is 12.2. The van der Waals surface area contributed by atoms with Crippen molar-refractivity contribution in [3.63, 3.8) is 0 Å². The second-order valence-electron chi connectivity index (χ2n) is 6.93. The van der Waals surface area contributed by atoms with E-state index < -0.39 is 0 Å². The Kier molecular flexibility index (Phi) is 5.48. The summed E-state index contributed by atoms with van der Waals surface area (Å²) < 4.78 is 0. The Morgan fingerprint density at radius 3 is 2.26 bits per heavy atom. The third-order valence-corrected chi connectivity index (χ3v) is 4.33. The molecule has 1 amide bonds. The Balaban J connectivity index is 2.00. The number of benzene rings is 2. The van der Waals surface area contributed by atoms with Gasteiger partial charge in [0.15, 0.2) is 0 Å². The van der Waals surface area contributed by atoms with Crippen molar-refractivity contribution in [2.24, 2.45) is 0 Å². The molecular weight excluding hydrogens is 306 g/mol. The number of hydrogen-bond donors (Lipinski definition) is 1. The molecule has 1 atom stereocenters. The molecule has 0 fully saturated rings. The van der Waals surface area contributed by atoms with Gasteiger partial charge in [0.2, 0.25) is 5.91 Å². The first-order valence-corrected chi connectivity index (χ1v) is 8.28. The molecule has 122 valence electrons. The van der Waals surface area contributed by atoms with Crippen molar-refractivity contribution in [1.82, 2.24) is 5.32 Å². The molecule has 23 heavy (non-hydrogen) atoms. The zero-order valence-electron chi connectivity index (χ0n) is 14.2. The van der Waals surface area contributed by atoms with Crippen LogP contribution in [0.3, 0.4) is 0 Å². The zero-order chi connectivity index (χ0) is 17.0. The number of halogens is 1. The van der Waals surface area contributed by atoms with Gasteiger partial charge in [-0.2, -0.15) is 0 Å². The lowest BCUT2D eigenvalue weighted by Gasteiger charge is -2.21. The van der Waals surface area contributed by atoms with Gasteiger partial charge in [-0.1, -0.05) is 74.8 Å². The summed E-state index contributed by atoms with van der Waals surface area (Å²) in [6, 6.07) is 15.8. The van der Waals surface area contributed by atoms with Crippen LogP contribution in [0.2, 0.25) is 5.02 Å². The molecule has 3 heteroatoms. The van der Waals surface area contributed by atoms with Crippen LogP contribution in [0.5, 0.6) is 0 Å². The van der Waals surface area contributed by atoms with E-state index in [1.165, 1.54) is 5.56 Å². The molecule has 0 saturated carbocycles. The highest BCUT2D eigenvalue weighted by atomic mass is 35.5. The summed E-state index contributed by atoms with van der Waals surface area (Å²) in [5.74, 6) is -0.0227.